The van der Waals surface area contributed by atoms with Crippen molar-refractivity contribution in [1.82, 2.24) is 5.32 Å². The van der Waals surface area contributed by atoms with Crippen LogP contribution in [0.5, 0.6) is 5.75 Å². The maximum absolute atomic E-state index is 13.4. The summed E-state index contributed by atoms with van der Waals surface area (Å²) >= 11 is 3.53. The van der Waals surface area contributed by atoms with Crippen LogP contribution in [0.25, 0.3) is 0 Å². The van der Waals surface area contributed by atoms with Crippen molar-refractivity contribution in [3.8, 4) is 5.75 Å². The number of ether oxygens (including phenoxy) is 1. The summed E-state index contributed by atoms with van der Waals surface area (Å²) in [5.41, 5.74) is 2.78. The molecule has 2 nitrogen and oxygen atoms in total. The highest BCUT2D eigenvalue weighted by atomic mass is 79.9. The lowest BCUT2D eigenvalue weighted by Gasteiger charge is -2.19. The minimum Gasteiger partial charge on any atom is -0.493 e. The Morgan fingerprint density at radius 2 is 1.86 bits per heavy atom. The Kier molecular flexibility index (Phi) is 5.37. The number of halogens is 2. The van der Waals surface area contributed by atoms with Crippen molar-refractivity contribution in [3.63, 3.8) is 0 Å². The first-order valence-electron chi connectivity index (χ1n) is 6.92. The molecule has 0 aromatic heterocycles. The van der Waals surface area contributed by atoms with Crippen LogP contribution < -0.4 is 10.1 Å². The first-order chi connectivity index (χ1) is 10.1. The quantitative estimate of drug-likeness (QED) is 0.849. The third-order valence-electron chi connectivity index (χ3n) is 3.39. The third-order valence-corrected chi connectivity index (χ3v) is 4.01. The molecule has 2 aromatic rings. The van der Waals surface area contributed by atoms with Gasteiger partial charge in [0.05, 0.1) is 17.1 Å². The van der Waals surface area contributed by atoms with E-state index < -0.39 is 0 Å². The van der Waals surface area contributed by atoms with E-state index in [1.165, 1.54) is 6.07 Å². The van der Waals surface area contributed by atoms with Gasteiger partial charge in [-0.1, -0.05) is 18.2 Å². The van der Waals surface area contributed by atoms with Crippen LogP contribution in [-0.4, -0.2) is 13.7 Å². The highest BCUT2D eigenvalue weighted by molar-refractivity contribution is 9.10. The summed E-state index contributed by atoms with van der Waals surface area (Å²) in [6.07, 6.45) is 0. The Labute approximate surface area is 133 Å². The highest BCUT2D eigenvalue weighted by Gasteiger charge is 2.14. The van der Waals surface area contributed by atoms with Gasteiger partial charge in [-0.05, 0) is 71.7 Å². The minimum atomic E-state index is -0.179. The van der Waals surface area contributed by atoms with E-state index >= 15 is 0 Å². The summed E-state index contributed by atoms with van der Waals surface area (Å²) in [6.45, 7) is 4.36. The maximum atomic E-state index is 13.4. The van der Waals surface area contributed by atoms with E-state index in [2.05, 4.69) is 21.2 Å². The molecule has 4 heteroatoms. The molecule has 0 saturated heterocycles. The standard InChI is InChI=1S/C17H19BrFNO/c1-4-21-16-8-6-13(10-14(16)18)17(20-3)12-5-7-15(19)11(2)9-12/h5-10,17,20H,4H2,1-3H3. The first kappa shape index (κ1) is 16.0. The molecule has 1 atom stereocenters. The fraction of sp³-hybridized carbons (Fsp3) is 0.294. The average molecular weight is 352 g/mol. The van der Waals surface area contributed by atoms with Crippen LogP contribution in [0.4, 0.5) is 4.39 Å². The van der Waals surface area contributed by atoms with Gasteiger partial charge in [0.1, 0.15) is 11.6 Å². The molecule has 0 aliphatic carbocycles. The molecule has 0 heterocycles. The predicted molar refractivity (Wildman–Crippen MR) is 87.4 cm³/mol. The molecule has 0 amide bonds. The van der Waals surface area contributed by atoms with Gasteiger partial charge >= 0.3 is 0 Å². The topological polar surface area (TPSA) is 21.3 Å². The van der Waals surface area contributed by atoms with Gasteiger partial charge in [0.25, 0.3) is 0 Å². The van der Waals surface area contributed by atoms with E-state index in [0.717, 1.165) is 21.3 Å². The fourth-order valence-electron chi connectivity index (χ4n) is 2.34. The molecule has 2 aromatic carbocycles. The average Bonchev–Trinajstić information content (AvgIpc) is 2.46. The molecule has 112 valence electrons. The van der Waals surface area contributed by atoms with Crippen molar-refractivity contribution in [1.29, 1.82) is 0 Å². The number of benzene rings is 2. The van der Waals surface area contributed by atoms with Crippen LogP contribution in [0.2, 0.25) is 0 Å². The summed E-state index contributed by atoms with van der Waals surface area (Å²) in [7, 11) is 1.90. The van der Waals surface area contributed by atoms with Crippen LogP contribution in [0.3, 0.4) is 0 Å². The third kappa shape index (κ3) is 3.63. The molecule has 0 spiro atoms. The molecule has 0 bridgehead atoms. The van der Waals surface area contributed by atoms with Crippen LogP contribution >= 0.6 is 15.9 Å². The zero-order chi connectivity index (χ0) is 15.4. The number of rotatable bonds is 5. The van der Waals surface area contributed by atoms with Crippen LogP contribution in [-0.2, 0) is 0 Å². The lowest BCUT2D eigenvalue weighted by Crippen LogP contribution is -2.18. The minimum absolute atomic E-state index is 0.0104. The van der Waals surface area contributed by atoms with Crippen LogP contribution in [0.1, 0.15) is 29.7 Å². The second kappa shape index (κ2) is 7.05. The zero-order valence-corrected chi connectivity index (χ0v) is 14.0. The van der Waals surface area contributed by atoms with Gasteiger partial charge in [0.2, 0.25) is 0 Å². The van der Waals surface area contributed by atoms with E-state index in [1.54, 1.807) is 6.92 Å². The van der Waals surface area contributed by atoms with Gasteiger partial charge in [0, 0.05) is 0 Å². The van der Waals surface area contributed by atoms with Crippen molar-refractivity contribution in [2.45, 2.75) is 19.9 Å². The Morgan fingerprint density at radius 3 is 2.43 bits per heavy atom. The van der Waals surface area contributed by atoms with E-state index in [-0.39, 0.29) is 11.9 Å². The smallest absolute Gasteiger partial charge is 0.133 e. The molecule has 0 saturated carbocycles. The van der Waals surface area contributed by atoms with Gasteiger partial charge in [-0.15, -0.1) is 0 Å². The largest absolute Gasteiger partial charge is 0.493 e. The first-order valence-corrected chi connectivity index (χ1v) is 7.71. The van der Waals surface area contributed by atoms with Gasteiger partial charge in [-0.25, -0.2) is 4.39 Å². The fourth-order valence-corrected chi connectivity index (χ4v) is 2.85. The summed E-state index contributed by atoms with van der Waals surface area (Å²) in [5.74, 6) is 0.646. The van der Waals surface area contributed by atoms with Crippen molar-refractivity contribution in [2.75, 3.05) is 13.7 Å². The van der Waals surface area contributed by atoms with Crippen molar-refractivity contribution < 1.29 is 9.13 Å². The SMILES string of the molecule is CCOc1ccc(C(NC)c2ccc(F)c(C)c2)cc1Br. The number of hydrogen-bond acceptors (Lipinski definition) is 2. The molecule has 0 aliphatic rings. The summed E-state index contributed by atoms with van der Waals surface area (Å²) in [4.78, 5) is 0. The Balaban J connectivity index is 2.36. The lowest BCUT2D eigenvalue weighted by molar-refractivity contribution is 0.338. The second-order valence-electron chi connectivity index (χ2n) is 4.85. The van der Waals surface area contributed by atoms with Crippen LogP contribution in [0.15, 0.2) is 40.9 Å². The van der Waals surface area contributed by atoms with Gasteiger partial charge < -0.3 is 10.1 Å². The van der Waals surface area contributed by atoms with E-state index in [1.807, 2.05) is 44.3 Å². The van der Waals surface area contributed by atoms with Gasteiger partial charge in [-0.3, -0.25) is 0 Å². The molecule has 0 radical (unpaired) electrons. The molecule has 1 unspecified atom stereocenters. The number of aryl methyl sites for hydroxylation is 1. The molecule has 0 fully saturated rings. The predicted octanol–water partition coefficient (Wildman–Crippen LogP) is 4.60. The molecule has 21 heavy (non-hydrogen) atoms. The van der Waals surface area contributed by atoms with E-state index in [4.69, 9.17) is 4.74 Å². The van der Waals surface area contributed by atoms with Crippen molar-refractivity contribution in [2.24, 2.45) is 0 Å². The monoisotopic (exact) mass is 351 g/mol. The Morgan fingerprint density at radius 1 is 1.19 bits per heavy atom. The summed E-state index contributed by atoms with van der Waals surface area (Å²) in [5, 5.41) is 3.28. The molecule has 2 rings (SSSR count). The Bertz CT molecular complexity index is 630. The molecule has 0 aliphatic heterocycles. The van der Waals surface area contributed by atoms with Crippen LogP contribution in [0, 0.1) is 12.7 Å². The maximum Gasteiger partial charge on any atom is 0.133 e. The number of hydrogen-bond donors (Lipinski definition) is 1. The van der Waals surface area contributed by atoms with Gasteiger partial charge in [0.15, 0.2) is 0 Å². The van der Waals surface area contributed by atoms with E-state index in [0.29, 0.717) is 12.2 Å². The highest BCUT2D eigenvalue weighted by Crippen LogP contribution is 2.31. The lowest BCUT2D eigenvalue weighted by atomic mass is 9.97. The zero-order valence-electron chi connectivity index (χ0n) is 12.4. The Hall–Kier alpha value is -1.39. The summed E-state index contributed by atoms with van der Waals surface area (Å²) in [6, 6.07) is 11.2. The van der Waals surface area contributed by atoms with E-state index in [9.17, 15) is 4.39 Å². The second-order valence-corrected chi connectivity index (χ2v) is 5.71. The normalized spacial score (nSPS) is 12.2. The van der Waals surface area contributed by atoms with Crippen molar-refractivity contribution >= 4 is 15.9 Å². The summed E-state index contributed by atoms with van der Waals surface area (Å²) < 4.78 is 19.9. The molecular formula is C17H19BrFNO. The van der Waals surface area contributed by atoms with Crippen molar-refractivity contribution in [3.05, 3.63) is 63.4 Å². The molecular weight excluding hydrogens is 333 g/mol. The number of nitrogens with one attached hydrogen (secondary N) is 1. The van der Waals surface area contributed by atoms with Gasteiger partial charge in [-0.2, -0.15) is 0 Å². The molecule has 1 N–H and O–H groups in total.